The number of halogens is 1. The lowest BCUT2D eigenvalue weighted by Gasteiger charge is -2.22. The molecule has 14 heavy (non-hydrogen) atoms. The van der Waals surface area contributed by atoms with E-state index in [0.29, 0.717) is 12.5 Å². The molecular weight excluding hydrogens is 202 g/mol. The van der Waals surface area contributed by atoms with E-state index in [1.54, 1.807) is 7.11 Å². The summed E-state index contributed by atoms with van der Waals surface area (Å²) in [6.07, 6.45) is 1.18. The maximum atomic E-state index is 6.06. The summed E-state index contributed by atoms with van der Waals surface area (Å²) in [5.41, 5.74) is 0. The van der Waals surface area contributed by atoms with Gasteiger partial charge in [-0.2, -0.15) is 0 Å². The number of nitrogens with zero attached hydrogens (tertiary/aromatic N) is 1. The highest BCUT2D eigenvalue weighted by Gasteiger charge is 2.18. The predicted molar refractivity (Wildman–Crippen MR) is 57.9 cm³/mol. The molecule has 0 radical (unpaired) electrons. The summed E-state index contributed by atoms with van der Waals surface area (Å²) in [6.45, 7) is 4.40. The van der Waals surface area contributed by atoms with Gasteiger partial charge in [0.25, 0.3) is 0 Å². The van der Waals surface area contributed by atoms with E-state index >= 15 is 0 Å². The minimum absolute atomic E-state index is 0.0901. The highest BCUT2D eigenvalue weighted by Crippen LogP contribution is 2.13. The van der Waals surface area contributed by atoms with Crippen molar-refractivity contribution in [2.75, 3.05) is 47.1 Å². The largest absolute Gasteiger partial charge is 0.383 e. The lowest BCUT2D eigenvalue weighted by Crippen LogP contribution is -2.32. The number of hydrogen-bond donors (Lipinski definition) is 0. The van der Waals surface area contributed by atoms with Crippen molar-refractivity contribution in [3.8, 4) is 0 Å². The lowest BCUT2D eigenvalue weighted by atomic mass is 10.1. The molecule has 0 aromatic carbocycles. The van der Waals surface area contributed by atoms with Crippen molar-refractivity contribution in [1.82, 2.24) is 4.90 Å². The van der Waals surface area contributed by atoms with Crippen molar-refractivity contribution in [1.29, 1.82) is 0 Å². The molecular formula is C10H20ClNO2. The Morgan fingerprint density at radius 1 is 1.64 bits per heavy atom. The predicted octanol–water partition coefficient (Wildman–Crippen LogP) is 1.21. The Morgan fingerprint density at radius 3 is 3.00 bits per heavy atom. The molecule has 0 aromatic rings. The van der Waals surface area contributed by atoms with Crippen LogP contribution in [-0.2, 0) is 9.47 Å². The second-order valence-electron chi connectivity index (χ2n) is 4.00. The molecule has 2 unspecified atom stereocenters. The molecule has 0 N–H and O–H groups in total. The normalized spacial score (nSPS) is 24.4. The van der Waals surface area contributed by atoms with E-state index in [0.717, 1.165) is 26.3 Å². The van der Waals surface area contributed by atoms with Gasteiger partial charge in [-0.25, -0.2) is 0 Å². The van der Waals surface area contributed by atoms with Gasteiger partial charge in [-0.1, -0.05) is 0 Å². The maximum absolute atomic E-state index is 6.06. The molecule has 3 nitrogen and oxygen atoms in total. The van der Waals surface area contributed by atoms with Crippen LogP contribution in [0.5, 0.6) is 0 Å². The van der Waals surface area contributed by atoms with E-state index in [4.69, 9.17) is 21.1 Å². The van der Waals surface area contributed by atoms with Crippen LogP contribution in [0.25, 0.3) is 0 Å². The van der Waals surface area contributed by atoms with Gasteiger partial charge in [0.05, 0.1) is 18.6 Å². The zero-order valence-electron chi connectivity index (χ0n) is 9.04. The van der Waals surface area contributed by atoms with Gasteiger partial charge in [0.2, 0.25) is 0 Å². The first kappa shape index (κ1) is 12.2. The zero-order valence-corrected chi connectivity index (χ0v) is 9.79. The van der Waals surface area contributed by atoms with Gasteiger partial charge in [0, 0.05) is 26.8 Å². The minimum Gasteiger partial charge on any atom is -0.383 e. The van der Waals surface area contributed by atoms with E-state index in [2.05, 4.69) is 11.9 Å². The van der Waals surface area contributed by atoms with Crippen molar-refractivity contribution >= 4 is 11.6 Å². The van der Waals surface area contributed by atoms with Crippen LogP contribution in [0.4, 0.5) is 0 Å². The number of ether oxygens (including phenoxy) is 2. The highest BCUT2D eigenvalue weighted by molar-refractivity contribution is 6.20. The Kier molecular flexibility index (Phi) is 5.78. The Labute approximate surface area is 91.3 Å². The van der Waals surface area contributed by atoms with Crippen LogP contribution in [0.1, 0.15) is 6.42 Å². The monoisotopic (exact) mass is 221 g/mol. The molecule has 4 heteroatoms. The maximum Gasteiger partial charge on any atom is 0.0696 e. The molecule has 0 aromatic heterocycles. The molecule has 1 aliphatic rings. The topological polar surface area (TPSA) is 21.7 Å². The second kappa shape index (κ2) is 6.62. The average Bonchev–Trinajstić information content (AvgIpc) is 2.56. The van der Waals surface area contributed by atoms with Crippen molar-refractivity contribution in [3.63, 3.8) is 0 Å². The van der Waals surface area contributed by atoms with Gasteiger partial charge >= 0.3 is 0 Å². The third-order valence-electron chi connectivity index (χ3n) is 2.45. The molecule has 0 spiro atoms. The summed E-state index contributed by atoms with van der Waals surface area (Å²) >= 11 is 6.06. The Balaban J connectivity index is 2.10. The SMILES string of the molecule is COCC(Cl)CN(C)CC1CCOC1. The van der Waals surface area contributed by atoms with Crippen molar-refractivity contribution < 1.29 is 9.47 Å². The molecule has 2 atom stereocenters. The summed E-state index contributed by atoms with van der Waals surface area (Å²) in [6, 6.07) is 0. The standard InChI is InChI=1S/C10H20ClNO2/c1-12(6-10(11)8-13-2)5-9-3-4-14-7-9/h9-10H,3-8H2,1-2H3. The fraction of sp³-hybridized carbons (Fsp3) is 1.00. The number of alkyl halides is 1. The first-order chi connectivity index (χ1) is 6.72. The van der Waals surface area contributed by atoms with E-state index < -0.39 is 0 Å². The van der Waals surface area contributed by atoms with Gasteiger partial charge < -0.3 is 14.4 Å². The van der Waals surface area contributed by atoms with Crippen LogP contribution in [0.3, 0.4) is 0 Å². The van der Waals surface area contributed by atoms with Crippen LogP contribution in [0.15, 0.2) is 0 Å². The third-order valence-corrected chi connectivity index (χ3v) is 2.72. The van der Waals surface area contributed by atoms with E-state index in [1.807, 2.05) is 0 Å². The summed E-state index contributed by atoms with van der Waals surface area (Å²) in [4.78, 5) is 2.26. The van der Waals surface area contributed by atoms with Gasteiger partial charge in [-0.05, 0) is 19.4 Å². The molecule has 0 bridgehead atoms. The van der Waals surface area contributed by atoms with Crippen LogP contribution in [0.2, 0.25) is 0 Å². The molecule has 0 aliphatic carbocycles. The van der Waals surface area contributed by atoms with Gasteiger partial charge in [-0.3, -0.25) is 0 Å². The van der Waals surface area contributed by atoms with E-state index in [9.17, 15) is 0 Å². The molecule has 0 saturated carbocycles. The van der Waals surface area contributed by atoms with Crippen LogP contribution in [0, 0.1) is 5.92 Å². The number of rotatable bonds is 6. The first-order valence-corrected chi connectivity index (χ1v) is 5.55. The quantitative estimate of drug-likeness (QED) is 0.630. The molecule has 84 valence electrons. The molecule has 1 saturated heterocycles. The average molecular weight is 222 g/mol. The lowest BCUT2D eigenvalue weighted by molar-refractivity contribution is 0.162. The second-order valence-corrected chi connectivity index (χ2v) is 4.62. The summed E-state index contributed by atoms with van der Waals surface area (Å²) < 4.78 is 10.3. The van der Waals surface area contributed by atoms with Gasteiger partial charge in [0.1, 0.15) is 0 Å². The van der Waals surface area contributed by atoms with E-state index in [1.165, 1.54) is 6.42 Å². The Morgan fingerprint density at radius 2 is 2.43 bits per heavy atom. The van der Waals surface area contributed by atoms with E-state index in [-0.39, 0.29) is 5.38 Å². The van der Waals surface area contributed by atoms with Crippen molar-refractivity contribution in [2.45, 2.75) is 11.8 Å². The van der Waals surface area contributed by atoms with Crippen LogP contribution in [-0.4, -0.2) is 57.3 Å². The Bertz CT molecular complexity index is 151. The summed E-state index contributed by atoms with van der Waals surface area (Å²) in [7, 11) is 3.78. The number of methoxy groups -OCH3 is 1. The molecule has 1 rings (SSSR count). The van der Waals surface area contributed by atoms with Gasteiger partial charge in [-0.15, -0.1) is 11.6 Å². The molecule has 1 aliphatic heterocycles. The van der Waals surface area contributed by atoms with Crippen molar-refractivity contribution in [3.05, 3.63) is 0 Å². The molecule has 0 amide bonds. The zero-order chi connectivity index (χ0) is 10.4. The summed E-state index contributed by atoms with van der Waals surface area (Å²) in [5.74, 6) is 0.686. The number of hydrogen-bond acceptors (Lipinski definition) is 3. The fourth-order valence-corrected chi connectivity index (χ4v) is 2.18. The minimum atomic E-state index is 0.0901. The molecule has 1 fully saturated rings. The highest BCUT2D eigenvalue weighted by atomic mass is 35.5. The Hall–Kier alpha value is 0.170. The fourth-order valence-electron chi connectivity index (χ4n) is 1.81. The van der Waals surface area contributed by atoms with Crippen molar-refractivity contribution in [2.24, 2.45) is 5.92 Å². The van der Waals surface area contributed by atoms with Crippen LogP contribution < -0.4 is 0 Å². The summed E-state index contributed by atoms with van der Waals surface area (Å²) in [5, 5.41) is 0.0901. The van der Waals surface area contributed by atoms with Gasteiger partial charge in [0.15, 0.2) is 0 Å². The smallest absolute Gasteiger partial charge is 0.0696 e. The third kappa shape index (κ3) is 4.60. The van der Waals surface area contributed by atoms with Crippen LogP contribution >= 0.6 is 11.6 Å². The molecule has 1 heterocycles. The first-order valence-electron chi connectivity index (χ1n) is 5.11.